The van der Waals surface area contributed by atoms with Crippen molar-refractivity contribution in [3.05, 3.63) is 40.8 Å². The second kappa shape index (κ2) is 8.74. The number of benzene rings is 1. The van der Waals surface area contributed by atoms with Crippen LogP contribution in [-0.4, -0.2) is 63.5 Å². The molecule has 0 radical (unpaired) electrons. The summed E-state index contributed by atoms with van der Waals surface area (Å²) in [6, 6.07) is 7.62. The van der Waals surface area contributed by atoms with Crippen molar-refractivity contribution in [2.24, 2.45) is 0 Å². The van der Waals surface area contributed by atoms with E-state index < -0.39 is 0 Å². The molecule has 4 rings (SSSR count). The molecule has 0 saturated carbocycles. The first-order chi connectivity index (χ1) is 14.8. The van der Waals surface area contributed by atoms with Crippen molar-refractivity contribution in [2.75, 3.05) is 32.9 Å². The third-order valence-electron chi connectivity index (χ3n) is 5.93. The van der Waals surface area contributed by atoms with Gasteiger partial charge in [-0.2, -0.15) is 0 Å². The number of Topliss-reactive ketones (excluding diaryl/α,β-unsaturated/α-hetero) is 1. The Morgan fingerprint density at radius 2 is 1.97 bits per heavy atom. The van der Waals surface area contributed by atoms with Crippen molar-refractivity contribution in [1.29, 1.82) is 0 Å². The van der Waals surface area contributed by atoms with Crippen LogP contribution in [0.1, 0.15) is 25.8 Å². The van der Waals surface area contributed by atoms with Crippen LogP contribution in [0.4, 0.5) is 5.82 Å². The summed E-state index contributed by atoms with van der Waals surface area (Å²) in [4.78, 5) is 25.0. The topological polar surface area (TPSA) is 80.3 Å². The number of halogens is 2. The third kappa shape index (κ3) is 4.15. The van der Waals surface area contributed by atoms with Gasteiger partial charge < -0.3 is 10.3 Å². The van der Waals surface area contributed by atoms with E-state index in [1.165, 1.54) is 6.33 Å². The van der Waals surface area contributed by atoms with Gasteiger partial charge in [0.15, 0.2) is 0 Å². The average molecular weight is 461 g/mol. The van der Waals surface area contributed by atoms with Crippen LogP contribution in [0, 0.1) is 0 Å². The lowest BCUT2D eigenvalue weighted by molar-refractivity contribution is -0.119. The molecular weight excluding hydrogens is 435 g/mol. The van der Waals surface area contributed by atoms with Crippen molar-refractivity contribution in [2.45, 2.75) is 32.0 Å². The van der Waals surface area contributed by atoms with Gasteiger partial charge in [0, 0.05) is 30.1 Å². The first kappa shape index (κ1) is 22.0. The Hall–Kier alpha value is -2.19. The quantitative estimate of drug-likeness (QED) is 0.596. The molecule has 2 aromatic heterocycles. The first-order valence-corrected chi connectivity index (χ1v) is 11.0. The van der Waals surface area contributed by atoms with E-state index in [0.717, 1.165) is 41.7 Å². The molecule has 3 aromatic rings. The molecule has 1 fully saturated rings. The summed E-state index contributed by atoms with van der Waals surface area (Å²) in [7, 11) is 4.01. The van der Waals surface area contributed by atoms with Gasteiger partial charge in [-0.1, -0.05) is 35.3 Å². The van der Waals surface area contributed by atoms with Gasteiger partial charge in [-0.05, 0) is 45.1 Å². The Kier molecular flexibility index (Phi) is 6.21. The minimum atomic E-state index is 0.0542. The molecule has 2 atom stereocenters. The maximum absolute atomic E-state index is 11.8. The lowest BCUT2D eigenvalue weighted by atomic mass is 10.1. The summed E-state index contributed by atoms with van der Waals surface area (Å²) >= 11 is 13.1. The van der Waals surface area contributed by atoms with Crippen LogP contribution in [0.5, 0.6) is 0 Å². The Morgan fingerprint density at radius 1 is 1.26 bits per heavy atom. The number of nitrogens with two attached hydrogens (primary N) is 1. The molecule has 1 saturated heterocycles. The summed E-state index contributed by atoms with van der Waals surface area (Å²) in [5.41, 5.74) is 8.73. The number of fused-ring (bicyclic) bond motifs is 1. The highest BCUT2D eigenvalue weighted by atomic mass is 35.5. The molecule has 1 aromatic carbocycles. The van der Waals surface area contributed by atoms with Gasteiger partial charge in [0.1, 0.15) is 28.7 Å². The lowest BCUT2D eigenvalue weighted by Crippen LogP contribution is -2.45. The van der Waals surface area contributed by atoms with Gasteiger partial charge in [-0.3, -0.25) is 14.6 Å². The summed E-state index contributed by atoms with van der Waals surface area (Å²) < 4.78 is 2.07. The van der Waals surface area contributed by atoms with Gasteiger partial charge in [0.05, 0.1) is 17.6 Å². The van der Waals surface area contributed by atoms with Crippen molar-refractivity contribution >= 4 is 45.8 Å². The maximum atomic E-state index is 11.8. The van der Waals surface area contributed by atoms with E-state index in [4.69, 9.17) is 28.9 Å². The molecule has 1 unspecified atom stereocenters. The highest BCUT2D eigenvalue weighted by molar-refractivity contribution is 6.35. The largest absolute Gasteiger partial charge is 0.383 e. The van der Waals surface area contributed by atoms with E-state index in [1.54, 1.807) is 6.92 Å². The summed E-state index contributed by atoms with van der Waals surface area (Å²) in [5.74, 6) is 0.574. The predicted molar refractivity (Wildman–Crippen MR) is 125 cm³/mol. The van der Waals surface area contributed by atoms with E-state index in [-0.39, 0.29) is 18.0 Å². The fourth-order valence-electron chi connectivity index (χ4n) is 4.49. The number of hydrogen-bond acceptors (Lipinski definition) is 6. The predicted octanol–water partition coefficient (Wildman–Crippen LogP) is 4.10. The normalized spacial score (nSPS) is 18.2. The molecule has 0 spiro atoms. The standard InChI is InChI=1S/C22H26Cl2N6O/c1-13(31)10-17(28(2)3)29-9-8-16(11-29)30-20(24)18(14-4-6-15(23)7-5-14)19-21(25)26-12-27-22(19)30/h4-7,12,16-17H,8-11H2,1-3H3,(H2,25,26,27)/t16?,17-/m1/s1. The van der Waals surface area contributed by atoms with E-state index in [1.807, 2.05) is 38.4 Å². The van der Waals surface area contributed by atoms with Crippen molar-refractivity contribution in [3.8, 4) is 11.1 Å². The number of nitrogen functional groups attached to an aromatic ring is 1. The molecule has 1 aliphatic rings. The fourth-order valence-corrected chi connectivity index (χ4v) is 5.03. The zero-order valence-corrected chi connectivity index (χ0v) is 19.4. The minimum absolute atomic E-state index is 0.0542. The zero-order valence-electron chi connectivity index (χ0n) is 17.8. The number of carbonyl (C=O) groups is 1. The first-order valence-electron chi connectivity index (χ1n) is 10.2. The molecule has 3 heterocycles. The number of ketones is 1. The van der Waals surface area contributed by atoms with Gasteiger partial charge in [-0.15, -0.1) is 0 Å². The highest BCUT2D eigenvalue weighted by Gasteiger charge is 2.34. The van der Waals surface area contributed by atoms with Gasteiger partial charge in [-0.25, -0.2) is 9.97 Å². The molecule has 9 heteroatoms. The van der Waals surface area contributed by atoms with Crippen LogP contribution >= 0.6 is 23.2 Å². The monoisotopic (exact) mass is 460 g/mol. The van der Waals surface area contributed by atoms with Crippen molar-refractivity contribution < 1.29 is 4.79 Å². The van der Waals surface area contributed by atoms with E-state index in [0.29, 0.717) is 22.4 Å². The molecule has 0 bridgehead atoms. The number of rotatable bonds is 6. The molecule has 2 N–H and O–H groups in total. The van der Waals surface area contributed by atoms with Gasteiger partial charge >= 0.3 is 0 Å². The van der Waals surface area contributed by atoms with Gasteiger partial charge in [0.25, 0.3) is 0 Å². The smallest absolute Gasteiger partial charge is 0.147 e. The number of aromatic nitrogens is 3. The molecule has 164 valence electrons. The molecule has 31 heavy (non-hydrogen) atoms. The Morgan fingerprint density at radius 3 is 2.61 bits per heavy atom. The second-order valence-corrected chi connectivity index (χ2v) is 9.08. The maximum Gasteiger partial charge on any atom is 0.147 e. The zero-order chi connectivity index (χ0) is 22.3. The number of likely N-dealkylation sites (tertiary alicyclic amines) is 1. The summed E-state index contributed by atoms with van der Waals surface area (Å²) in [6.07, 6.45) is 2.92. The Bertz CT molecular complexity index is 1110. The van der Waals surface area contributed by atoms with Crippen LogP contribution in [0.15, 0.2) is 30.6 Å². The molecule has 1 aliphatic heterocycles. The second-order valence-electron chi connectivity index (χ2n) is 8.29. The van der Waals surface area contributed by atoms with Crippen LogP contribution in [-0.2, 0) is 4.79 Å². The molecule has 7 nitrogen and oxygen atoms in total. The molecule has 0 aliphatic carbocycles. The van der Waals surface area contributed by atoms with E-state index in [9.17, 15) is 4.79 Å². The summed E-state index contributed by atoms with van der Waals surface area (Å²) in [6.45, 7) is 3.27. The molecular formula is C22H26Cl2N6O. The van der Waals surface area contributed by atoms with Crippen molar-refractivity contribution in [3.63, 3.8) is 0 Å². The number of nitrogens with zero attached hydrogens (tertiary/aromatic N) is 5. The Balaban J connectivity index is 1.77. The average Bonchev–Trinajstić information content (AvgIpc) is 3.29. The third-order valence-corrected chi connectivity index (χ3v) is 6.56. The van der Waals surface area contributed by atoms with E-state index in [2.05, 4.69) is 24.3 Å². The van der Waals surface area contributed by atoms with Crippen LogP contribution in [0.2, 0.25) is 10.2 Å². The van der Waals surface area contributed by atoms with E-state index >= 15 is 0 Å². The van der Waals surface area contributed by atoms with Gasteiger partial charge in [0.2, 0.25) is 0 Å². The van der Waals surface area contributed by atoms with Crippen molar-refractivity contribution in [1.82, 2.24) is 24.3 Å². The summed E-state index contributed by atoms with van der Waals surface area (Å²) in [5, 5.41) is 1.99. The van der Waals surface area contributed by atoms with Crippen LogP contribution in [0.25, 0.3) is 22.2 Å². The van der Waals surface area contributed by atoms with Crippen LogP contribution < -0.4 is 5.73 Å². The van der Waals surface area contributed by atoms with Crippen LogP contribution in [0.3, 0.4) is 0 Å². The number of hydrogen-bond donors (Lipinski definition) is 1. The lowest BCUT2D eigenvalue weighted by Gasteiger charge is -2.32. The fraction of sp³-hybridized carbons (Fsp3) is 0.409. The minimum Gasteiger partial charge on any atom is -0.383 e. The number of carbonyl (C=O) groups excluding carboxylic acids is 1. The molecule has 0 amide bonds. The SMILES string of the molecule is CC(=O)C[C@H](N(C)C)N1CCC(n2c(Cl)c(-c3ccc(Cl)cc3)c3c(N)ncnc32)C1. The Labute approximate surface area is 191 Å². The highest BCUT2D eigenvalue weighted by Crippen LogP contribution is 2.43. The number of anilines is 1.